The SMILES string of the molecule is C[C@H](C(=O)N1c2ccccc2C[C@H]1C)N1CCC[C@H](CS(C)(=O)=O)C1. The van der Waals surface area contributed by atoms with Gasteiger partial charge in [0.1, 0.15) is 9.84 Å². The number of fused-ring (bicyclic) bond motifs is 1. The molecule has 2 heterocycles. The largest absolute Gasteiger partial charge is 0.308 e. The van der Waals surface area contributed by atoms with Crippen molar-refractivity contribution >= 4 is 21.4 Å². The molecule has 25 heavy (non-hydrogen) atoms. The van der Waals surface area contributed by atoms with E-state index in [1.54, 1.807) is 0 Å². The summed E-state index contributed by atoms with van der Waals surface area (Å²) >= 11 is 0. The Labute approximate surface area is 150 Å². The van der Waals surface area contributed by atoms with Crippen molar-refractivity contribution in [2.75, 3.05) is 30.0 Å². The van der Waals surface area contributed by atoms with Crippen molar-refractivity contribution in [1.29, 1.82) is 0 Å². The van der Waals surface area contributed by atoms with Gasteiger partial charge >= 0.3 is 0 Å². The second-order valence-electron chi connectivity index (χ2n) is 7.66. The van der Waals surface area contributed by atoms with Crippen molar-refractivity contribution in [3.63, 3.8) is 0 Å². The fourth-order valence-corrected chi connectivity index (χ4v) is 5.40. The fraction of sp³-hybridized carbons (Fsp3) is 0.632. The predicted molar refractivity (Wildman–Crippen MR) is 101 cm³/mol. The molecule has 1 aromatic carbocycles. The lowest BCUT2D eigenvalue weighted by molar-refractivity contribution is -0.124. The van der Waals surface area contributed by atoms with E-state index in [-0.39, 0.29) is 29.7 Å². The summed E-state index contributed by atoms with van der Waals surface area (Å²) in [4.78, 5) is 17.3. The molecule has 0 unspecified atom stereocenters. The molecule has 1 fully saturated rings. The summed E-state index contributed by atoms with van der Waals surface area (Å²) in [7, 11) is -2.98. The molecule has 0 N–H and O–H groups in total. The standard InChI is InChI=1S/C19H28N2O3S/c1-14-11-17-8-4-5-9-18(17)21(14)19(22)15(2)20-10-6-7-16(12-20)13-25(3,23)24/h4-5,8-9,14-16H,6-7,10-13H2,1-3H3/t14-,15-,16+/m1/s1. The Morgan fingerprint density at radius 3 is 2.76 bits per heavy atom. The van der Waals surface area contributed by atoms with Gasteiger partial charge in [0, 0.05) is 24.5 Å². The number of likely N-dealkylation sites (tertiary alicyclic amines) is 1. The lowest BCUT2D eigenvalue weighted by atomic mass is 9.98. The average molecular weight is 365 g/mol. The van der Waals surface area contributed by atoms with Crippen molar-refractivity contribution in [2.24, 2.45) is 5.92 Å². The maximum absolute atomic E-state index is 13.2. The molecule has 0 aliphatic carbocycles. The van der Waals surface area contributed by atoms with Gasteiger partial charge in [-0.05, 0) is 57.2 Å². The molecule has 3 atom stereocenters. The maximum atomic E-state index is 13.2. The highest BCUT2D eigenvalue weighted by Gasteiger charge is 2.36. The number of amides is 1. The van der Waals surface area contributed by atoms with E-state index >= 15 is 0 Å². The topological polar surface area (TPSA) is 57.7 Å². The second kappa shape index (κ2) is 7.08. The monoisotopic (exact) mass is 364 g/mol. The highest BCUT2D eigenvalue weighted by molar-refractivity contribution is 7.90. The van der Waals surface area contributed by atoms with E-state index in [9.17, 15) is 13.2 Å². The molecule has 0 saturated carbocycles. The summed E-state index contributed by atoms with van der Waals surface area (Å²) < 4.78 is 23.2. The van der Waals surface area contributed by atoms with Crippen LogP contribution in [0.15, 0.2) is 24.3 Å². The molecule has 2 aliphatic heterocycles. The van der Waals surface area contributed by atoms with Crippen molar-refractivity contribution in [3.8, 4) is 0 Å². The molecule has 6 heteroatoms. The number of nitrogens with zero attached hydrogens (tertiary/aromatic N) is 2. The first-order valence-electron chi connectivity index (χ1n) is 9.09. The molecule has 1 saturated heterocycles. The molecule has 0 aromatic heterocycles. The Kier molecular flexibility index (Phi) is 5.21. The van der Waals surface area contributed by atoms with Gasteiger partial charge in [0.05, 0.1) is 11.8 Å². The van der Waals surface area contributed by atoms with E-state index < -0.39 is 9.84 Å². The molecule has 1 amide bonds. The van der Waals surface area contributed by atoms with Crippen molar-refractivity contribution in [2.45, 2.75) is 45.2 Å². The highest BCUT2D eigenvalue weighted by atomic mass is 32.2. The van der Waals surface area contributed by atoms with Crippen LogP contribution in [0.25, 0.3) is 0 Å². The maximum Gasteiger partial charge on any atom is 0.244 e. The number of carbonyl (C=O) groups excluding carboxylic acids is 1. The number of piperidine rings is 1. The molecule has 1 aromatic rings. The van der Waals surface area contributed by atoms with E-state index in [1.807, 2.05) is 30.0 Å². The zero-order valence-electron chi connectivity index (χ0n) is 15.3. The number of carbonyl (C=O) groups is 1. The minimum Gasteiger partial charge on any atom is -0.308 e. The van der Waals surface area contributed by atoms with E-state index in [1.165, 1.54) is 11.8 Å². The van der Waals surface area contributed by atoms with Gasteiger partial charge in [-0.15, -0.1) is 0 Å². The summed E-state index contributed by atoms with van der Waals surface area (Å²) in [5.41, 5.74) is 2.25. The van der Waals surface area contributed by atoms with Crippen molar-refractivity contribution in [3.05, 3.63) is 29.8 Å². The number of hydrogen-bond donors (Lipinski definition) is 0. The van der Waals surface area contributed by atoms with Gasteiger partial charge in [-0.1, -0.05) is 18.2 Å². The number of rotatable bonds is 4. The normalized spacial score (nSPS) is 25.6. The van der Waals surface area contributed by atoms with Crippen LogP contribution in [0.3, 0.4) is 0 Å². The minimum absolute atomic E-state index is 0.123. The fourth-order valence-electron chi connectivity index (χ4n) is 4.27. The van der Waals surface area contributed by atoms with Crippen LogP contribution in [0.4, 0.5) is 5.69 Å². The molecule has 0 spiro atoms. The van der Waals surface area contributed by atoms with Crippen LogP contribution < -0.4 is 4.90 Å². The minimum atomic E-state index is -2.98. The van der Waals surface area contributed by atoms with E-state index in [0.717, 1.165) is 31.5 Å². The van der Waals surface area contributed by atoms with Gasteiger partial charge in [-0.25, -0.2) is 8.42 Å². The van der Waals surface area contributed by atoms with Gasteiger partial charge in [0.15, 0.2) is 0 Å². The summed E-state index contributed by atoms with van der Waals surface area (Å²) in [5, 5.41) is 0. The van der Waals surface area contributed by atoms with Crippen LogP contribution >= 0.6 is 0 Å². The quantitative estimate of drug-likeness (QED) is 0.821. The molecular weight excluding hydrogens is 336 g/mol. The Morgan fingerprint density at radius 2 is 2.04 bits per heavy atom. The lowest BCUT2D eigenvalue weighted by Gasteiger charge is -2.38. The van der Waals surface area contributed by atoms with Crippen LogP contribution in [0.2, 0.25) is 0 Å². The molecule has 0 bridgehead atoms. The van der Waals surface area contributed by atoms with Crippen molar-refractivity contribution < 1.29 is 13.2 Å². The number of hydrogen-bond acceptors (Lipinski definition) is 4. The van der Waals surface area contributed by atoms with Crippen LogP contribution in [-0.4, -0.2) is 56.4 Å². The molecular formula is C19H28N2O3S. The predicted octanol–water partition coefficient (Wildman–Crippen LogP) is 2.11. The van der Waals surface area contributed by atoms with Gasteiger partial charge in [0.2, 0.25) is 5.91 Å². The van der Waals surface area contributed by atoms with Gasteiger partial charge in [-0.3, -0.25) is 9.69 Å². The number of para-hydroxylation sites is 1. The molecule has 3 rings (SSSR count). The molecule has 2 aliphatic rings. The van der Waals surface area contributed by atoms with Crippen LogP contribution in [0.1, 0.15) is 32.3 Å². The third-order valence-electron chi connectivity index (χ3n) is 5.44. The average Bonchev–Trinajstić information content (AvgIpc) is 2.88. The van der Waals surface area contributed by atoms with E-state index in [4.69, 9.17) is 0 Å². The summed E-state index contributed by atoms with van der Waals surface area (Å²) in [5.74, 6) is 0.465. The van der Waals surface area contributed by atoms with E-state index in [2.05, 4.69) is 17.9 Å². The van der Waals surface area contributed by atoms with E-state index in [0.29, 0.717) is 6.54 Å². The lowest BCUT2D eigenvalue weighted by Crippen LogP contribution is -2.52. The Morgan fingerprint density at radius 1 is 1.32 bits per heavy atom. The van der Waals surface area contributed by atoms with Gasteiger partial charge in [-0.2, -0.15) is 0 Å². The number of sulfone groups is 1. The number of anilines is 1. The first-order valence-corrected chi connectivity index (χ1v) is 11.1. The zero-order valence-corrected chi connectivity index (χ0v) is 16.1. The third kappa shape index (κ3) is 4.06. The van der Waals surface area contributed by atoms with Crippen LogP contribution in [0.5, 0.6) is 0 Å². The zero-order chi connectivity index (χ0) is 18.2. The summed E-state index contributed by atoms with van der Waals surface area (Å²) in [6.45, 7) is 5.59. The molecule has 138 valence electrons. The van der Waals surface area contributed by atoms with Crippen LogP contribution in [-0.2, 0) is 21.1 Å². The summed E-state index contributed by atoms with van der Waals surface area (Å²) in [6.07, 6.45) is 4.06. The first-order chi connectivity index (χ1) is 11.8. The Bertz CT molecular complexity index is 747. The number of benzene rings is 1. The first kappa shape index (κ1) is 18.4. The van der Waals surface area contributed by atoms with Crippen LogP contribution in [0, 0.1) is 5.92 Å². The van der Waals surface area contributed by atoms with Gasteiger partial charge in [0.25, 0.3) is 0 Å². The molecule has 0 radical (unpaired) electrons. The second-order valence-corrected chi connectivity index (χ2v) is 9.85. The summed E-state index contributed by atoms with van der Waals surface area (Å²) in [6, 6.07) is 8.05. The Balaban J connectivity index is 1.72. The Hall–Kier alpha value is -1.40. The molecule has 5 nitrogen and oxygen atoms in total. The smallest absolute Gasteiger partial charge is 0.244 e. The third-order valence-corrected chi connectivity index (χ3v) is 6.52. The van der Waals surface area contributed by atoms with Crippen molar-refractivity contribution in [1.82, 2.24) is 4.90 Å². The highest BCUT2D eigenvalue weighted by Crippen LogP contribution is 2.33. The van der Waals surface area contributed by atoms with Gasteiger partial charge < -0.3 is 4.90 Å².